The van der Waals surface area contributed by atoms with Gasteiger partial charge in [-0.15, -0.1) is 0 Å². The van der Waals surface area contributed by atoms with Crippen molar-refractivity contribution in [2.24, 2.45) is 7.05 Å². The molecule has 4 rings (SSSR count). The molecule has 0 atom stereocenters. The standard InChI is InChI=1S/C25H22ClFN4O4S/c1-17-24(25(33)31(29(17)2)18-9-5-3-6-10-18)28-23(32)16-30(19-13-14-22(27)21(26)15-19)36(34,35)20-11-7-4-8-12-20/h3-15H,16H2,1-2H3,(H,28,32). The zero-order valence-corrected chi connectivity index (χ0v) is 20.9. The summed E-state index contributed by atoms with van der Waals surface area (Å²) < 4.78 is 44.4. The van der Waals surface area contributed by atoms with Gasteiger partial charge in [0.1, 0.15) is 18.0 Å². The van der Waals surface area contributed by atoms with Gasteiger partial charge >= 0.3 is 0 Å². The van der Waals surface area contributed by atoms with Crippen LogP contribution in [0.15, 0.2) is 88.6 Å². The number of rotatable bonds is 7. The number of amides is 1. The summed E-state index contributed by atoms with van der Waals surface area (Å²) in [6.07, 6.45) is 0. The Morgan fingerprint density at radius 1 is 1.03 bits per heavy atom. The van der Waals surface area contributed by atoms with Crippen LogP contribution in [0.3, 0.4) is 0 Å². The van der Waals surface area contributed by atoms with Crippen LogP contribution >= 0.6 is 11.6 Å². The van der Waals surface area contributed by atoms with Crippen molar-refractivity contribution in [3.63, 3.8) is 0 Å². The van der Waals surface area contributed by atoms with E-state index in [1.165, 1.54) is 22.9 Å². The molecular weight excluding hydrogens is 507 g/mol. The second-order valence-electron chi connectivity index (χ2n) is 7.91. The summed E-state index contributed by atoms with van der Waals surface area (Å²) in [4.78, 5) is 26.2. The maximum atomic E-state index is 13.8. The lowest BCUT2D eigenvalue weighted by Crippen LogP contribution is -2.38. The lowest BCUT2D eigenvalue weighted by atomic mass is 10.3. The number of carbonyl (C=O) groups is 1. The molecular formula is C25H22ClFN4O4S. The van der Waals surface area contributed by atoms with Gasteiger partial charge < -0.3 is 5.32 Å². The van der Waals surface area contributed by atoms with Crippen molar-refractivity contribution < 1.29 is 17.6 Å². The first-order valence-corrected chi connectivity index (χ1v) is 12.6. The quantitative estimate of drug-likeness (QED) is 0.390. The Bertz CT molecular complexity index is 1590. The second-order valence-corrected chi connectivity index (χ2v) is 10.2. The van der Waals surface area contributed by atoms with Crippen molar-refractivity contribution in [3.05, 3.63) is 106 Å². The highest BCUT2D eigenvalue weighted by Crippen LogP contribution is 2.28. The highest BCUT2D eigenvalue weighted by molar-refractivity contribution is 7.92. The van der Waals surface area contributed by atoms with E-state index in [2.05, 4.69) is 5.32 Å². The van der Waals surface area contributed by atoms with E-state index in [0.717, 1.165) is 16.4 Å². The minimum atomic E-state index is -4.23. The number of anilines is 2. The smallest absolute Gasteiger partial charge is 0.295 e. The minimum Gasteiger partial charge on any atom is -0.318 e. The summed E-state index contributed by atoms with van der Waals surface area (Å²) in [6, 6.07) is 19.7. The molecule has 0 spiro atoms. The van der Waals surface area contributed by atoms with Crippen molar-refractivity contribution in [2.45, 2.75) is 11.8 Å². The first-order valence-electron chi connectivity index (χ1n) is 10.8. The summed E-state index contributed by atoms with van der Waals surface area (Å²) in [7, 11) is -2.56. The fourth-order valence-corrected chi connectivity index (χ4v) is 5.31. The third-order valence-electron chi connectivity index (χ3n) is 5.63. The van der Waals surface area contributed by atoms with E-state index in [1.54, 1.807) is 61.1 Å². The number of hydrogen-bond acceptors (Lipinski definition) is 4. The average molecular weight is 529 g/mol. The number of aromatic nitrogens is 2. The van der Waals surface area contributed by atoms with Crippen LogP contribution in [0, 0.1) is 12.7 Å². The van der Waals surface area contributed by atoms with Gasteiger partial charge in [0.15, 0.2) is 0 Å². The van der Waals surface area contributed by atoms with E-state index in [9.17, 15) is 22.4 Å². The maximum absolute atomic E-state index is 13.8. The lowest BCUT2D eigenvalue weighted by molar-refractivity contribution is -0.114. The molecule has 0 unspecified atom stereocenters. The first kappa shape index (κ1) is 25.2. The summed E-state index contributed by atoms with van der Waals surface area (Å²) in [5.74, 6) is -1.50. The largest absolute Gasteiger partial charge is 0.318 e. The van der Waals surface area contributed by atoms with Crippen LogP contribution in [-0.4, -0.2) is 30.2 Å². The monoisotopic (exact) mass is 528 g/mol. The molecule has 186 valence electrons. The van der Waals surface area contributed by atoms with Crippen LogP contribution in [0.2, 0.25) is 5.02 Å². The third-order valence-corrected chi connectivity index (χ3v) is 7.71. The molecule has 0 aliphatic carbocycles. The van der Waals surface area contributed by atoms with E-state index in [-0.39, 0.29) is 21.3 Å². The van der Waals surface area contributed by atoms with Crippen molar-refractivity contribution in [3.8, 4) is 5.69 Å². The van der Waals surface area contributed by atoms with Gasteiger partial charge in [0.05, 0.1) is 27.0 Å². The fourth-order valence-electron chi connectivity index (χ4n) is 3.70. The number of nitrogens with zero attached hydrogens (tertiary/aromatic N) is 3. The number of para-hydroxylation sites is 1. The van der Waals surface area contributed by atoms with Crippen molar-refractivity contribution in [1.29, 1.82) is 0 Å². The van der Waals surface area contributed by atoms with Gasteiger partial charge in [0.25, 0.3) is 15.6 Å². The van der Waals surface area contributed by atoms with E-state index >= 15 is 0 Å². The fraction of sp³-hybridized carbons (Fsp3) is 0.120. The molecule has 1 heterocycles. The van der Waals surface area contributed by atoms with Crippen LogP contribution in [-0.2, 0) is 21.9 Å². The van der Waals surface area contributed by atoms with Gasteiger partial charge in [-0.2, -0.15) is 0 Å². The molecule has 0 radical (unpaired) electrons. The first-order chi connectivity index (χ1) is 17.1. The van der Waals surface area contributed by atoms with Crippen LogP contribution in [0.5, 0.6) is 0 Å². The molecule has 1 amide bonds. The molecule has 0 bridgehead atoms. The van der Waals surface area contributed by atoms with E-state index < -0.39 is 33.9 Å². The number of halogens is 2. The molecule has 0 aliphatic heterocycles. The van der Waals surface area contributed by atoms with Crippen molar-refractivity contribution >= 4 is 38.9 Å². The Hall–Kier alpha value is -3.89. The Morgan fingerprint density at radius 2 is 1.64 bits per heavy atom. The van der Waals surface area contributed by atoms with Gasteiger partial charge in [0.2, 0.25) is 5.91 Å². The SMILES string of the molecule is Cc1c(NC(=O)CN(c2ccc(F)c(Cl)c2)S(=O)(=O)c2ccccc2)c(=O)n(-c2ccccc2)n1C. The molecule has 4 aromatic rings. The van der Waals surface area contributed by atoms with E-state index in [1.807, 2.05) is 6.07 Å². The molecule has 1 N–H and O–H groups in total. The highest BCUT2D eigenvalue weighted by atomic mass is 35.5. The zero-order valence-electron chi connectivity index (χ0n) is 19.4. The van der Waals surface area contributed by atoms with Crippen molar-refractivity contribution in [2.75, 3.05) is 16.2 Å². The van der Waals surface area contributed by atoms with Crippen LogP contribution in [0.4, 0.5) is 15.8 Å². The van der Waals surface area contributed by atoms with Crippen LogP contribution in [0.25, 0.3) is 5.69 Å². The van der Waals surface area contributed by atoms with Gasteiger partial charge in [-0.1, -0.05) is 48.0 Å². The predicted octanol–water partition coefficient (Wildman–Crippen LogP) is 4.11. The number of sulfonamides is 1. The number of nitrogens with one attached hydrogen (secondary N) is 1. The number of benzene rings is 3. The Morgan fingerprint density at radius 3 is 2.25 bits per heavy atom. The minimum absolute atomic E-state index is 0.00752. The summed E-state index contributed by atoms with van der Waals surface area (Å²) in [5, 5.41) is 2.25. The van der Waals surface area contributed by atoms with Gasteiger partial charge in [-0.25, -0.2) is 17.5 Å². The molecule has 3 aromatic carbocycles. The van der Waals surface area contributed by atoms with Crippen molar-refractivity contribution in [1.82, 2.24) is 9.36 Å². The predicted molar refractivity (Wildman–Crippen MR) is 137 cm³/mol. The molecule has 0 fully saturated rings. The molecule has 0 aliphatic rings. The van der Waals surface area contributed by atoms with Gasteiger partial charge in [-0.3, -0.25) is 18.6 Å². The second kappa shape index (κ2) is 10.00. The maximum Gasteiger partial charge on any atom is 0.295 e. The zero-order chi connectivity index (χ0) is 26.0. The lowest BCUT2D eigenvalue weighted by Gasteiger charge is -2.24. The molecule has 11 heteroatoms. The van der Waals surface area contributed by atoms with Gasteiger partial charge in [-0.05, 0) is 49.4 Å². The summed E-state index contributed by atoms with van der Waals surface area (Å²) in [6.45, 7) is 0.979. The highest BCUT2D eigenvalue weighted by Gasteiger charge is 2.29. The molecule has 0 saturated heterocycles. The Kier molecular flexibility index (Phi) is 7.00. The van der Waals surface area contributed by atoms with E-state index in [4.69, 9.17) is 11.6 Å². The average Bonchev–Trinajstić information content (AvgIpc) is 3.08. The van der Waals surface area contributed by atoms with E-state index in [0.29, 0.717) is 11.4 Å². The van der Waals surface area contributed by atoms with Crippen LogP contribution < -0.4 is 15.2 Å². The Labute approximate surface area is 212 Å². The Balaban J connectivity index is 1.71. The molecule has 8 nitrogen and oxygen atoms in total. The summed E-state index contributed by atoms with van der Waals surface area (Å²) in [5.41, 5.74) is 0.603. The molecule has 36 heavy (non-hydrogen) atoms. The molecule has 0 saturated carbocycles. The topological polar surface area (TPSA) is 93.4 Å². The number of hydrogen-bond donors (Lipinski definition) is 1. The van der Waals surface area contributed by atoms with Gasteiger partial charge in [0, 0.05) is 7.05 Å². The normalized spacial score (nSPS) is 11.3. The van der Waals surface area contributed by atoms with Crippen LogP contribution in [0.1, 0.15) is 5.69 Å². The molecule has 1 aromatic heterocycles. The number of carbonyl (C=O) groups excluding carboxylic acids is 1. The third kappa shape index (κ3) is 4.77. The summed E-state index contributed by atoms with van der Waals surface area (Å²) >= 11 is 5.90.